The molecular weight excluding hydrogens is 254 g/mol. The number of esters is 1. The van der Waals surface area contributed by atoms with Crippen LogP contribution in [0, 0.1) is 5.92 Å². The standard InChI is InChI=1S/C16H29NO3/c1-3-12-5-4-6-14(11-12)20-10-9-15(16(18)19-2)17-13-7-8-13/h12-15,17H,3-11H2,1-2H3. The number of ether oxygens (including phenoxy) is 2. The molecule has 116 valence electrons. The first-order chi connectivity index (χ1) is 9.72. The van der Waals surface area contributed by atoms with E-state index in [1.807, 2.05) is 0 Å². The zero-order valence-electron chi connectivity index (χ0n) is 12.9. The molecule has 0 aliphatic heterocycles. The first-order valence-corrected chi connectivity index (χ1v) is 8.18. The molecule has 2 saturated carbocycles. The highest BCUT2D eigenvalue weighted by Crippen LogP contribution is 2.28. The van der Waals surface area contributed by atoms with E-state index in [0.29, 0.717) is 18.8 Å². The summed E-state index contributed by atoms with van der Waals surface area (Å²) < 4.78 is 10.9. The molecule has 0 aromatic rings. The molecule has 0 heterocycles. The largest absolute Gasteiger partial charge is 0.468 e. The zero-order valence-corrected chi connectivity index (χ0v) is 12.9. The Morgan fingerprint density at radius 1 is 1.30 bits per heavy atom. The predicted octanol–water partition coefficient (Wildman–Crippen LogP) is 2.66. The maximum Gasteiger partial charge on any atom is 0.322 e. The van der Waals surface area contributed by atoms with Crippen molar-refractivity contribution in [2.24, 2.45) is 5.92 Å². The molecule has 0 radical (unpaired) electrons. The van der Waals surface area contributed by atoms with Gasteiger partial charge >= 0.3 is 5.97 Å². The van der Waals surface area contributed by atoms with Crippen molar-refractivity contribution in [2.45, 2.75) is 76.5 Å². The molecule has 0 aromatic heterocycles. The van der Waals surface area contributed by atoms with E-state index in [2.05, 4.69) is 12.2 Å². The quantitative estimate of drug-likeness (QED) is 0.696. The molecule has 2 rings (SSSR count). The SMILES string of the molecule is CCC1CCCC(OCCC(NC2CC2)C(=O)OC)C1. The van der Waals surface area contributed by atoms with E-state index < -0.39 is 0 Å². The van der Waals surface area contributed by atoms with Crippen LogP contribution < -0.4 is 5.32 Å². The minimum Gasteiger partial charge on any atom is -0.468 e. The normalized spacial score (nSPS) is 28.1. The van der Waals surface area contributed by atoms with Gasteiger partial charge in [0, 0.05) is 12.6 Å². The zero-order chi connectivity index (χ0) is 14.4. The molecular formula is C16H29NO3. The second kappa shape index (κ2) is 7.99. The van der Waals surface area contributed by atoms with Gasteiger partial charge in [-0.2, -0.15) is 0 Å². The van der Waals surface area contributed by atoms with Gasteiger partial charge in [-0.25, -0.2) is 0 Å². The number of rotatable bonds is 8. The lowest BCUT2D eigenvalue weighted by molar-refractivity contribution is -0.144. The van der Waals surface area contributed by atoms with Gasteiger partial charge in [-0.1, -0.05) is 26.2 Å². The second-order valence-corrected chi connectivity index (χ2v) is 6.24. The molecule has 2 fully saturated rings. The molecule has 2 aliphatic carbocycles. The van der Waals surface area contributed by atoms with Crippen LogP contribution in [0.2, 0.25) is 0 Å². The summed E-state index contributed by atoms with van der Waals surface area (Å²) in [4.78, 5) is 11.7. The summed E-state index contributed by atoms with van der Waals surface area (Å²) in [5, 5.41) is 3.34. The monoisotopic (exact) mass is 283 g/mol. The van der Waals surface area contributed by atoms with Gasteiger partial charge in [0.15, 0.2) is 0 Å². The van der Waals surface area contributed by atoms with Gasteiger partial charge in [0.25, 0.3) is 0 Å². The summed E-state index contributed by atoms with van der Waals surface area (Å²) in [5.74, 6) is 0.672. The summed E-state index contributed by atoms with van der Waals surface area (Å²) in [6.45, 7) is 2.92. The smallest absolute Gasteiger partial charge is 0.322 e. The number of carbonyl (C=O) groups excluding carboxylic acids is 1. The Bertz CT molecular complexity index is 304. The molecule has 0 amide bonds. The van der Waals surface area contributed by atoms with Crippen LogP contribution >= 0.6 is 0 Å². The molecule has 1 N–H and O–H groups in total. The Morgan fingerprint density at radius 2 is 2.10 bits per heavy atom. The Kier molecular flexibility index (Phi) is 6.30. The van der Waals surface area contributed by atoms with Crippen molar-refractivity contribution in [3.05, 3.63) is 0 Å². The fourth-order valence-corrected chi connectivity index (χ4v) is 3.06. The van der Waals surface area contributed by atoms with Crippen LogP contribution in [0.15, 0.2) is 0 Å². The average Bonchev–Trinajstić information content (AvgIpc) is 3.29. The lowest BCUT2D eigenvalue weighted by atomic mass is 9.85. The lowest BCUT2D eigenvalue weighted by Gasteiger charge is -2.29. The van der Waals surface area contributed by atoms with Crippen molar-refractivity contribution >= 4 is 5.97 Å². The first kappa shape index (κ1) is 15.8. The van der Waals surface area contributed by atoms with E-state index in [4.69, 9.17) is 9.47 Å². The van der Waals surface area contributed by atoms with Crippen molar-refractivity contribution in [1.82, 2.24) is 5.32 Å². The average molecular weight is 283 g/mol. The van der Waals surface area contributed by atoms with Gasteiger partial charge in [-0.05, 0) is 38.0 Å². The highest BCUT2D eigenvalue weighted by Gasteiger charge is 2.29. The van der Waals surface area contributed by atoms with E-state index >= 15 is 0 Å². The Morgan fingerprint density at radius 3 is 2.75 bits per heavy atom. The molecule has 0 aromatic carbocycles. The molecule has 4 nitrogen and oxygen atoms in total. The Labute approximate surface area is 122 Å². The van der Waals surface area contributed by atoms with E-state index in [-0.39, 0.29) is 12.0 Å². The van der Waals surface area contributed by atoms with E-state index in [9.17, 15) is 4.79 Å². The van der Waals surface area contributed by atoms with Gasteiger partial charge in [0.05, 0.1) is 13.2 Å². The van der Waals surface area contributed by atoms with Crippen molar-refractivity contribution in [1.29, 1.82) is 0 Å². The Balaban J connectivity index is 1.67. The summed E-state index contributed by atoms with van der Waals surface area (Å²) in [6.07, 6.45) is 9.72. The third kappa shape index (κ3) is 5.06. The van der Waals surface area contributed by atoms with Crippen molar-refractivity contribution in [3.8, 4) is 0 Å². The molecule has 3 unspecified atom stereocenters. The van der Waals surface area contributed by atoms with Crippen LogP contribution in [0.3, 0.4) is 0 Å². The molecule has 0 bridgehead atoms. The van der Waals surface area contributed by atoms with Crippen molar-refractivity contribution in [2.75, 3.05) is 13.7 Å². The summed E-state index contributed by atoms with van der Waals surface area (Å²) >= 11 is 0. The lowest BCUT2D eigenvalue weighted by Crippen LogP contribution is -2.40. The van der Waals surface area contributed by atoms with Gasteiger partial charge in [-0.15, -0.1) is 0 Å². The summed E-state index contributed by atoms with van der Waals surface area (Å²) in [7, 11) is 1.46. The van der Waals surface area contributed by atoms with Crippen LogP contribution in [0.5, 0.6) is 0 Å². The number of hydrogen-bond acceptors (Lipinski definition) is 4. The van der Waals surface area contributed by atoms with E-state index in [1.54, 1.807) is 0 Å². The van der Waals surface area contributed by atoms with Crippen LogP contribution in [0.1, 0.15) is 58.3 Å². The maximum atomic E-state index is 11.7. The minimum atomic E-state index is -0.196. The van der Waals surface area contributed by atoms with Gasteiger partial charge in [0.2, 0.25) is 0 Å². The fourth-order valence-electron chi connectivity index (χ4n) is 3.06. The minimum absolute atomic E-state index is 0.157. The number of hydrogen-bond donors (Lipinski definition) is 1. The topological polar surface area (TPSA) is 47.6 Å². The van der Waals surface area contributed by atoms with Crippen molar-refractivity contribution in [3.63, 3.8) is 0 Å². The predicted molar refractivity (Wildman–Crippen MR) is 78.6 cm³/mol. The van der Waals surface area contributed by atoms with Gasteiger partial charge < -0.3 is 14.8 Å². The summed E-state index contributed by atoms with van der Waals surface area (Å²) in [6, 6.07) is 0.316. The van der Waals surface area contributed by atoms with Crippen LogP contribution in [-0.4, -0.2) is 37.9 Å². The number of nitrogens with one attached hydrogen (secondary N) is 1. The number of methoxy groups -OCH3 is 1. The molecule has 20 heavy (non-hydrogen) atoms. The summed E-state index contributed by atoms with van der Waals surface area (Å²) in [5.41, 5.74) is 0. The highest BCUT2D eigenvalue weighted by atomic mass is 16.5. The van der Waals surface area contributed by atoms with Gasteiger partial charge in [0.1, 0.15) is 6.04 Å². The highest BCUT2D eigenvalue weighted by molar-refractivity contribution is 5.75. The van der Waals surface area contributed by atoms with Gasteiger partial charge in [-0.3, -0.25) is 4.79 Å². The maximum absolute atomic E-state index is 11.7. The molecule has 0 saturated heterocycles. The van der Waals surface area contributed by atoms with Crippen LogP contribution in [0.4, 0.5) is 0 Å². The molecule has 2 aliphatic rings. The molecule has 0 spiro atoms. The Hall–Kier alpha value is -0.610. The first-order valence-electron chi connectivity index (χ1n) is 8.18. The molecule has 3 atom stereocenters. The van der Waals surface area contributed by atoms with Crippen LogP contribution in [0.25, 0.3) is 0 Å². The molecule has 4 heteroatoms. The van der Waals surface area contributed by atoms with Crippen molar-refractivity contribution < 1.29 is 14.3 Å². The van der Waals surface area contributed by atoms with E-state index in [0.717, 1.165) is 12.3 Å². The second-order valence-electron chi connectivity index (χ2n) is 6.24. The van der Waals surface area contributed by atoms with E-state index in [1.165, 1.54) is 52.1 Å². The third-order valence-electron chi connectivity index (χ3n) is 4.57. The van der Waals surface area contributed by atoms with Crippen LogP contribution in [-0.2, 0) is 14.3 Å². The fraction of sp³-hybridized carbons (Fsp3) is 0.938. The number of carbonyl (C=O) groups is 1. The third-order valence-corrected chi connectivity index (χ3v) is 4.57.